The van der Waals surface area contributed by atoms with Crippen molar-refractivity contribution in [1.29, 1.82) is 0 Å². The molecule has 0 N–H and O–H groups in total. The summed E-state index contributed by atoms with van der Waals surface area (Å²) in [5.41, 5.74) is 1.22. The van der Waals surface area contributed by atoms with Crippen LogP contribution in [0.1, 0.15) is 25.7 Å². The van der Waals surface area contributed by atoms with Crippen molar-refractivity contribution in [2.75, 3.05) is 31.1 Å². The van der Waals surface area contributed by atoms with Crippen molar-refractivity contribution < 1.29 is 4.39 Å². The molecule has 30 heavy (non-hydrogen) atoms. The molecule has 2 aromatic heterocycles. The van der Waals surface area contributed by atoms with E-state index in [4.69, 9.17) is 4.98 Å². The first-order chi connectivity index (χ1) is 14.3. The second kappa shape index (κ2) is 7.71. The van der Waals surface area contributed by atoms with E-state index in [9.17, 15) is 14.0 Å². The number of hydrogen-bond acceptors (Lipinski definition) is 5. The Morgan fingerprint density at radius 3 is 2.23 bits per heavy atom. The van der Waals surface area contributed by atoms with Crippen LogP contribution < -0.4 is 16.1 Å². The Kier molecular flexibility index (Phi) is 5.23. The van der Waals surface area contributed by atoms with E-state index in [1.165, 1.54) is 23.7 Å². The molecule has 0 amide bonds. The van der Waals surface area contributed by atoms with Gasteiger partial charge < -0.3 is 9.47 Å². The van der Waals surface area contributed by atoms with E-state index in [-0.39, 0.29) is 23.1 Å². The number of benzene rings is 1. The van der Waals surface area contributed by atoms with Crippen LogP contribution in [0.2, 0.25) is 0 Å². The normalized spacial score (nSPS) is 15.5. The van der Waals surface area contributed by atoms with Gasteiger partial charge in [0, 0.05) is 52.0 Å². The van der Waals surface area contributed by atoms with E-state index in [2.05, 4.69) is 9.80 Å². The molecule has 0 spiro atoms. The predicted octanol–water partition coefficient (Wildman–Crippen LogP) is 1.48. The molecule has 1 aromatic carbocycles. The molecule has 0 radical (unpaired) electrons. The van der Waals surface area contributed by atoms with Gasteiger partial charge in [0.25, 0.3) is 5.56 Å². The average molecular weight is 414 g/mol. The van der Waals surface area contributed by atoms with Crippen molar-refractivity contribution in [3.63, 3.8) is 0 Å². The summed E-state index contributed by atoms with van der Waals surface area (Å²) in [6.07, 6.45) is 0. The maximum Gasteiger partial charge on any atom is 0.332 e. The predicted molar refractivity (Wildman–Crippen MR) is 114 cm³/mol. The van der Waals surface area contributed by atoms with Gasteiger partial charge in [-0.2, -0.15) is 0 Å². The van der Waals surface area contributed by atoms with E-state index < -0.39 is 0 Å². The summed E-state index contributed by atoms with van der Waals surface area (Å²) >= 11 is 0. The van der Waals surface area contributed by atoms with Crippen LogP contribution in [-0.2, 0) is 20.6 Å². The Hall–Kier alpha value is -2.94. The number of imidazole rings is 1. The zero-order valence-electron chi connectivity index (χ0n) is 17.8. The number of nitrogens with zero attached hydrogens (tertiary/aromatic N) is 6. The summed E-state index contributed by atoms with van der Waals surface area (Å²) in [5.74, 6) is 0.555. The van der Waals surface area contributed by atoms with E-state index in [1.807, 2.05) is 18.4 Å². The molecule has 8 nitrogen and oxygen atoms in total. The number of rotatable bonds is 4. The lowest BCUT2D eigenvalue weighted by Crippen LogP contribution is -2.46. The van der Waals surface area contributed by atoms with Gasteiger partial charge in [-0.3, -0.25) is 18.8 Å². The molecule has 3 aromatic rings. The van der Waals surface area contributed by atoms with Gasteiger partial charge in [-0.25, -0.2) is 14.2 Å². The quantitative estimate of drug-likeness (QED) is 0.647. The first kappa shape index (κ1) is 20.3. The molecule has 160 valence electrons. The fraction of sp³-hybridized carbons (Fsp3) is 0.476. The summed E-state index contributed by atoms with van der Waals surface area (Å²) in [6, 6.07) is 6.61. The second-order valence-electron chi connectivity index (χ2n) is 8.11. The number of anilines is 1. The molecule has 0 atom stereocenters. The Bertz CT molecular complexity index is 1180. The monoisotopic (exact) mass is 414 g/mol. The van der Waals surface area contributed by atoms with Gasteiger partial charge in [0.1, 0.15) is 11.6 Å². The van der Waals surface area contributed by atoms with Crippen LogP contribution in [0.25, 0.3) is 11.2 Å². The molecule has 9 heteroatoms. The van der Waals surface area contributed by atoms with Gasteiger partial charge >= 0.3 is 5.69 Å². The van der Waals surface area contributed by atoms with Gasteiger partial charge in [0.15, 0.2) is 11.2 Å². The van der Waals surface area contributed by atoms with E-state index in [0.717, 1.165) is 42.3 Å². The van der Waals surface area contributed by atoms with E-state index in [0.29, 0.717) is 17.7 Å². The fourth-order valence-electron chi connectivity index (χ4n) is 4.14. The van der Waals surface area contributed by atoms with Crippen LogP contribution >= 0.6 is 0 Å². The van der Waals surface area contributed by atoms with Gasteiger partial charge in [-0.15, -0.1) is 0 Å². The summed E-state index contributed by atoms with van der Waals surface area (Å²) in [5, 5.41) is 0. The molecule has 1 aliphatic rings. The summed E-state index contributed by atoms with van der Waals surface area (Å²) < 4.78 is 17.7. The first-order valence-corrected chi connectivity index (χ1v) is 10.2. The summed E-state index contributed by atoms with van der Waals surface area (Å²) in [4.78, 5) is 34.3. The molecular weight excluding hydrogens is 387 g/mol. The van der Waals surface area contributed by atoms with Crippen LogP contribution in [-0.4, -0.2) is 49.8 Å². The van der Waals surface area contributed by atoms with Crippen LogP contribution in [0.4, 0.5) is 10.1 Å². The van der Waals surface area contributed by atoms with Gasteiger partial charge in [-0.05, 0) is 38.1 Å². The van der Waals surface area contributed by atoms with Gasteiger partial charge in [0.05, 0.1) is 6.54 Å². The highest BCUT2D eigenvalue weighted by atomic mass is 19.1. The number of fused-ring (bicyclic) bond motifs is 1. The van der Waals surface area contributed by atoms with Crippen molar-refractivity contribution in [1.82, 2.24) is 23.6 Å². The van der Waals surface area contributed by atoms with E-state index >= 15 is 0 Å². The highest BCUT2D eigenvalue weighted by Crippen LogP contribution is 2.21. The van der Waals surface area contributed by atoms with Crippen LogP contribution in [0.15, 0.2) is 33.9 Å². The molecular formula is C21H27FN6O2. The highest BCUT2D eigenvalue weighted by Gasteiger charge is 2.24. The van der Waals surface area contributed by atoms with Crippen LogP contribution in [0.5, 0.6) is 0 Å². The second-order valence-corrected chi connectivity index (χ2v) is 8.11. The van der Waals surface area contributed by atoms with Crippen LogP contribution in [0, 0.1) is 5.82 Å². The molecule has 0 aliphatic carbocycles. The lowest BCUT2D eigenvalue weighted by Gasteiger charge is -2.36. The third kappa shape index (κ3) is 3.43. The number of piperazine rings is 1. The van der Waals surface area contributed by atoms with Crippen molar-refractivity contribution in [2.45, 2.75) is 26.4 Å². The van der Waals surface area contributed by atoms with Crippen molar-refractivity contribution in [3.8, 4) is 0 Å². The average Bonchev–Trinajstić information content (AvgIpc) is 3.11. The lowest BCUT2D eigenvalue weighted by atomic mass is 10.2. The summed E-state index contributed by atoms with van der Waals surface area (Å²) in [7, 11) is 3.14. The molecule has 0 bridgehead atoms. The number of halogens is 1. The maximum absolute atomic E-state index is 13.2. The summed E-state index contributed by atoms with van der Waals surface area (Å²) in [6.45, 7) is 7.94. The zero-order chi connectivity index (χ0) is 21.6. The van der Waals surface area contributed by atoms with Crippen molar-refractivity contribution in [3.05, 3.63) is 56.7 Å². The Balaban J connectivity index is 1.60. The number of hydrogen-bond donors (Lipinski definition) is 0. The van der Waals surface area contributed by atoms with Crippen LogP contribution in [0.3, 0.4) is 0 Å². The minimum Gasteiger partial charge on any atom is -0.369 e. The number of aromatic nitrogens is 4. The van der Waals surface area contributed by atoms with Gasteiger partial charge in [0.2, 0.25) is 0 Å². The molecule has 0 saturated carbocycles. The third-order valence-corrected chi connectivity index (χ3v) is 5.81. The fourth-order valence-corrected chi connectivity index (χ4v) is 4.14. The minimum atomic E-state index is -0.375. The largest absolute Gasteiger partial charge is 0.369 e. The van der Waals surface area contributed by atoms with Gasteiger partial charge in [-0.1, -0.05) is 0 Å². The highest BCUT2D eigenvalue weighted by molar-refractivity contribution is 5.71. The molecule has 1 aliphatic heterocycles. The standard InChI is InChI=1S/C21H27FN6O2/c1-14(2)28-17(23-19-18(28)20(29)25(4)21(30)24(19)3)13-26-9-11-27(12-10-26)16-7-5-15(22)6-8-16/h5-8,14H,9-13H2,1-4H3. The molecule has 4 rings (SSSR count). The topological polar surface area (TPSA) is 68.3 Å². The maximum atomic E-state index is 13.2. The zero-order valence-corrected chi connectivity index (χ0v) is 17.8. The lowest BCUT2D eigenvalue weighted by molar-refractivity contribution is 0.240. The smallest absolute Gasteiger partial charge is 0.332 e. The van der Waals surface area contributed by atoms with Crippen molar-refractivity contribution >= 4 is 16.9 Å². The Morgan fingerprint density at radius 2 is 1.63 bits per heavy atom. The molecule has 0 unspecified atom stereocenters. The third-order valence-electron chi connectivity index (χ3n) is 5.81. The molecule has 3 heterocycles. The molecule has 1 fully saturated rings. The Labute approximate surface area is 173 Å². The first-order valence-electron chi connectivity index (χ1n) is 10.2. The Morgan fingerprint density at radius 1 is 1.00 bits per heavy atom. The van der Waals surface area contributed by atoms with E-state index in [1.54, 1.807) is 19.2 Å². The SMILES string of the molecule is CC(C)n1c(CN2CCN(c3ccc(F)cc3)CC2)nc2c1c(=O)n(C)c(=O)n2C. The number of aryl methyl sites for hydroxylation is 1. The molecule has 1 saturated heterocycles. The minimum absolute atomic E-state index is 0.0377. The van der Waals surface area contributed by atoms with Crippen molar-refractivity contribution in [2.24, 2.45) is 14.1 Å².